The predicted molar refractivity (Wildman–Crippen MR) is 85.3 cm³/mol. The van der Waals surface area contributed by atoms with E-state index < -0.39 is 0 Å². The predicted octanol–water partition coefficient (Wildman–Crippen LogP) is 3.94. The number of rotatable bonds is 3. The van der Waals surface area contributed by atoms with Crippen LogP contribution in [0.5, 0.6) is 0 Å². The Kier molecular flexibility index (Phi) is 4.57. The maximum absolute atomic E-state index is 13.5. The van der Waals surface area contributed by atoms with E-state index in [-0.39, 0.29) is 16.9 Å². The lowest BCUT2D eigenvalue weighted by atomic mass is 9.87. The summed E-state index contributed by atoms with van der Waals surface area (Å²) < 4.78 is 14.4. The van der Waals surface area contributed by atoms with E-state index in [9.17, 15) is 4.39 Å². The Labute approximate surface area is 129 Å². The minimum atomic E-state index is -0.179. The first-order valence-corrected chi connectivity index (χ1v) is 7.98. The molecule has 0 aromatic heterocycles. The van der Waals surface area contributed by atoms with Crippen LogP contribution in [-0.4, -0.2) is 29.1 Å². The summed E-state index contributed by atoms with van der Waals surface area (Å²) in [5.41, 5.74) is 1.24. The highest BCUT2D eigenvalue weighted by molar-refractivity contribution is 9.10. The molecule has 0 amide bonds. The fourth-order valence-electron chi connectivity index (χ4n) is 2.78. The van der Waals surface area contributed by atoms with Crippen molar-refractivity contribution < 1.29 is 4.39 Å². The lowest BCUT2D eigenvalue weighted by Gasteiger charge is -2.51. The Bertz CT molecular complexity index is 469. The van der Waals surface area contributed by atoms with E-state index in [2.05, 4.69) is 53.8 Å². The minimum Gasteiger partial charge on any atom is -0.309 e. The van der Waals surface area contributed by atoms with Crippen molar-refractivity contribution in [2.45, 2.75) is 51.7 Å². The van der Waals surface area contributed by atoms with Crippen LogP contribution in [0, 0.1) is 5.82 Å². The van der Waals surface area contributed by atoms with Gasteiger partial charge in [-0.15, -0.1) is 0 Å². The molecule has 1 fully saturated rings. The van der Waals surface area contributed by atoms with Gasteiger partial charge in [0, 0.05) is 35.2 Å². The van der Waals surface area contributed by atoms with Crippen molar-refractivity contribution in [2.24, 2.45) is 0 Å². The summed E-state index contributed by atoms with van der Waals surface area (Å²) in [6, 6.07) is 5.15. The van der Waals surface area contributed by atoms with Gasteiger partial charge in [-0.1, -0.05) is 22.9 Å². The molecule has 1 heterocycles. The van der Waals surface area contributed by atoms with Gasteiger partial charge < -0.3 is 5.32 Å². The van der Waals surface area contributed by atoms with Crippen LogP contribution in [-0.2, 0) is 6.54 Å². The fourth-order valence-corrected chi connectivity index (χ4v) is 3.30. The van der Waals surface area contributed by atoms with Crippen molar-refractivity contribution in [3.05, 3.63) is 34.1 Å². The van der Waals surface area contributed by atoms with E-state index in [1.165, 1.54) is 6.07 Å². The molecule has 1 aliphatic heterocycles. The van der Waals surface area contributed by atoms with Crippen LogP contribution in [0.3, 0.4) is 0 Å². The van der Waals surface area contributed by atoms with E-state index in [0.717, 1.165) is 36.1 Å². The summed E-state index contributed by atoms with van der Waals surface area (Å²) in [7, 11) is 0. The quantitative estimate of drug-likeness (QED) is 0.894. The molecule has 0 saturated carbocycles. The van der Waals surface area contributed by atoms with Crippen molar-refractivity contribution >= 4 is 15.9 Å². The Morgan fingerprint density at radius 2 is 2.00 bits per heavy atom. The summed E-state index contributed by atoms with van der Waals surface area (Å²) in [6.45, 7) is 11.6. The summed E-state index contributed by atoms with van der Waals surface area (Å²) in [4.78, 5) is 2.48. The van der Waals surface area contributed by atoms with Crippen molar-refractivity contribution in [1.82, 2.24) is 10.2 Å². The molecule has 0 bridgehead atoms. The lowest BCUT2D eigenvalue weighted by Crippen LogP contribution is -2.66. The zero-order valence-corrected chi connectivity index (χ0v) is 14.3. The van der Waals surface area contributed by atoms with Gasteiger partial charge in [-0.3, -0.25) is 4.90 Å². The number of halogens is 2. The first-order chi connectivity index (χ1) is 9.24. The second-order valence-corrected chi connectivity index (χ2v) is 7.64. The van der Waals surface area contributed by atoms with Gasteiger partial charge in [-0.05, 0) is 51.0 Å². The number of nitrogens with zero attached hydrogens (tertiary/aromatic N) is 1. The highest BCUT2D eigenvalue weighted by Gasteiger charge is 2.39. The molecule has 20 heavy (non-hydrogen) atoms. The second-order valence-electron chi connectivity index (χ2n) is 6.72. The molecule has 4 heteroatoms. The van der Waals surface area contributed by atoms with Crippen LogP contribution < -0.4 is 5.32 Å². The number of piperazine rings is 1. The summed E-state index contributed by atoms with van der Waals surface area (Å²) in [6.07, 6.45) is 1.08. The average Bonchev–Trinajstić information content (AvgIpc) is 2.33. The van der Waals surface area contributed by atoms with Gasteiger partial charge in [0.25, 0.3) is 0 Å². The van der Waals surface area contributed by atoms with E-state index >= 15 is 0 Å². The molecule has 1 aromatic carbocycles. The molecular weight excluding hydrogens is 319 g/mol. The van der Waals surface area contributed by atoms with Crippen LogP contribution in [0.25, 0.3) is 0 Å². The summed E-state index contributed by atoms with van der Waals surface area (Å²) in [5, 5.41) is 3.61. The van der Waals surface area contributed by atoms with Gasteiger partial charge in [0.05, 0.1) is 0 Å². The molecule has 0 aliphatic carbocycles. The SMILES string of the molecule is CCC1(C)CNC(C)(C)CN1Cc1cc(F)cc(Br)c1. The highest BCUT2D eigenvalue weighted by atomic mass is 79.9. The fraction of sp³-hybridized carbons (Fsp3) is 0.625. The van der Waals surface area contributed by atoms with Gasteiger partial charge in [0.15, 0.2) is 0 Å². The number of nitrogens with one attached hydrogen (secondary N) is 1. The third-order valence-electron chi connectivity index (χ3n) is 4.35. The molecular formula is C16H24BrFN2. The van der Waals surface area contributed by atoms with Crippen molar-refractivity contribution in [3.8, 4) is 0 Å². The molecule has 1 atom stereocenters. The van der Waals surface area contributed by atoms with E-state index in [1.807, 2.05) is 6.07 Å². The second kappa shape index (κ2) is 5.74. The molecule has 0 spiro atoms. The third kappa shape index (κ3) is 3.60. The smallest absolute Gasteiger partial charge is 0.124 e. The maximum atomic E-state index is 13.5. The van der Waals surface area contributed by atoms with Crippen LogP contribution in [0.1, 0.15) is 39.7 Å². The van der Waals surface area contributed by atoms with Gasteiger partial charge in [-0.25, -0.2) is 4.39 Å². The zero-order valence-electron chi connectivity index (χ0n) is 12.8. The van der Waals surface area contributed by atoms with Gasteiger partial charge in [0.2, 0.25) is 0 Å². The van der Waals surface area contributed by atoms with E-state index in [1.54, 1.807) is 6.07 Å². The number of benzene rings is 1. The highest BCUT2D eigenvalue weighted by Crippen LogP contribution is 2.29. The standard InChI is InChI=1S/C16H24BrFN2/c1-5-16(4)10-19-15(2,3)11-20(16)9-12-6-13(17)8-14(18)7-12/h6-8,19H,5,9-11H2,1-4H3. The normalized spacial score (nSPS) is 26.7. The van der Waals surface area contributed by atoms with Gasteiger partial charge in [0.1, 0.15) is 5.82 Å². The zero-order chi connectivity index (χ0) is 15.0. The monoisotopic (exact) mass is 342 g/mol. The summed E-state index contributed by atoms with van der Waals surface area (Å²) in [5.74, 6) is -0.179. The van der Waals surface area contributed by atoms with Crippen molar-refractivity contribution in [1.29, 1.82) is 0 Å². The lowest BCUT2D eigenvalue weighted by molar-refractivity contribution is 0.0174. The van der Waals surface area contributed by atoms with Crippen LogP contribution in [0.15, 0.2) is 22.7 Å². The van der Waals surface area contributed by atoms with Crippen molar-refractivity contribution in [3.63, 3.8) is 0 Å². The van der Waals surface area contributed by atoms with Crippen LogP contribution in [0.2, 0.25) is 0 Å². The first-order valence-electron chi connectivity index (χ1n) is 7.19. The molecule has 0 radical (unpaired) electrons. The van der Waals surface area contributed by atoms with E-state index in [4.69, 9.17) is 0 Å². The Morgan fingerprint density at radius 1 is 1.30 bits per heavy atom. The molecule has 1 unspecified atom stereocenters. The molecule has 112 valence electrons. The molecule has 1 aliphatic rings. The molecule has 2 nitrogen and oxygen atoms in total. The molecule has 1 aromatic rings. The Morgan fingerprint density at radius 3 is 2.60 bits per heavy atom. The topological polar surface area (TPSA) is 15.3 Å². The van der Waals surface area contributed by atoms with Crippen LogP contribution in [0.4, 0.5) is 4.39 Å². The largest absolute Gasteiger partial charge is 0.309 e. The number of hydrogen-bond acceptors (Lipinski definition) is 2. The van der Waals surface area contributed by atoms with E-state index in [0.29, 0.717) is 0 Å². The van der Waals surface area contributed by atoms with Gasteiger partial charge >= 0.3 is 0 Å². The first kappa shape index (κ1) is 15.9. The minimum absolute atomic E-state index is 0.0965. The Hall–Kier alpha value is -0.450. The average molecular weight is 343 g/mol. The maximum Gasteiger partial charge on any atom is 0.124 e. The molecule has 1 N–H and O–H groups in total. The van der Waals surface area contributed by atoms with Crippen LogP contribution >= 0.6 is 15.9 Å². The summed E-state index contributed by atoms with van der Waals surface area (Å²) >= 11 is 3.37. The molecule has 2 rings (SSSR count). The van der Waals surface area contributed by atoms with Crippen molar-refractivity contribution in [2.75, 3.05) is 13.1 Å². The Balaban J connectivity index is 2.23. The number of hydrogen-bond donors (Lipinski definition) is 1. The molecule has 1 saturated heterocycles. The van der Waals surface area contributed by atoms with Gasteiger partial charge in [-0.2, -0.15) is 0 Å². The third-order valence-corrected chi connectivity index (χ3v) is 4.81.